The average molecular weight is 154 g/mol. The summed E-state index contributed by atoms with van der Waals surface area (Å²) >= 11 is 0. The Morgan fingerprint density at radius 2 is 2.09 bits per heavy atom. The third kappa shape index (κ3) is 2.53. The second-order valence-corrected chi connectivity index (χ2v) is 2.14. The molecule has 1 aromatic rings. The van der Waals surface area contributed by atoms with Gasteiger partial charge in [-0.15, -0.1) is 0 Å². The van der Waals surface area contributed by atoms with Gasteiger partial charge in [-0.25, -0.2) is 5.90 Å². The Labute approximate surface area is 64.2 Å². The van der Waals surface area contributed by atoms with Gasteiger partial charge in [-0.3, -0.25) is 4.79 Å². The second-order valence-electron chi connectivity index (χ2n) is 2.14. The topological polar surface area (TPSA) is 57.2 Å². The van der Waals surface area contributed by atoms with E-state index in [4.69, 9.17) is 5.90 Å². The standard InChI is InChI=1S/C7H10N2O2/c8-11-6-5-9-3-1-7(10)2-4-9/h1-4H,5-6,8H2. The third-order valence-electron chi connectivity index (χ3n) is 1.33. The van der Waals surface area contributed by atoms with Crippen LogP contribution in [0.15, 0.2) is 29.3 Å². The molecular weight excluding hydrogens is 144 g/mol. The summed E-state index contributed by atoms with van der Waals surface area (Å²) < 4.78 is 1.83. The van der Waals surface area contributed by atoms with Crippen LogP contribution in [-0.4, -0.2) is 11.2 Å². The zero-order valence-corrected chi connectivity index (χ0v) is 6.06. The fourth-order valence-electron chi connectivity index (χ4n) is 0.751. The monoisotopic (exact) mass is 154 g/mol. The lowest BCUT2D eigenvalue weighted by Gasteiger charge is -2.02. The molecule has 4 heteroatoms. The number of hydrogen-bond donors (Lipinski definition) is 1. The number of nitrogens with two attached hydrogens (primary N) is 1. The summed E-state index contributed by atoms with van der Waals surface area (Å²) in [5.74, 6) is 4.83. The Bertz CT molecular complexity index is 249. The van der Waals surface area contributed by atoms with E-state index in [0.717, 1.165) is 0 Å². The Morgan fingerprint density at radius 1 is 1.45 bits per heavy atom. The first kappa shape index (κ1) is 7.97. The second kappa shape index (κ2) is 3.90. The van der Waals surface area contributed by atoms with E-state index in [0.29, 0.717) is 13.2 Å². The van der Waals surface area contributed by atoms with Crippen molar-refractivity contribution >= 4 is 0 Å². The molecule has 0 spiro atoms. The van der Waals surface area contributed by atoms with E-state index in [9.17, 15) is 4.79 Å². The maximum Gasteiger partial charge on any atom is 0.181 e. The van der Waals surface area contributed by atoms with Crippen LogP contribution in [0.1, 0.15) is 0 Å². The van der Waals surface area contributed by atoms with Crippen molar-refractivity contribution in [3.05, 3.63) is 34.7 Å². The Morgan fingerprint density at radius 3 is 2.64 bits per heavy atom. The first-order valence-electron chi connectivity index (χ1n) is 3.31. The van der Waals surface area contributed by atoms with E-state index in [2.05, 4.69) is 4.84 Å². The summed E-state index contributed by atoms with van der Waals surface area (Å²) in [4.78, 5) is 15.0. The zero-order valence-electron chi connectivity index (χ0n) is 6.06. The molecule has 0 atom stereocenters. The highest BCUT2D eigenvalue weighted by molar-refractivity contribution is 4.93. The number of aromatic nitrogens is 1. The maximum atomic E-state index is 10.6. The summed E-state index contributed by atoms with van der Waals surface area (Å²) in [6.45, 7) is 1.11. The van der Waals surface area contributed by atoms with Gasteiger partial charge in [-0.2, -0.15) is 0 Å². The van der Waals surface area contributed by atoms with Gasteiger partial charge in [0.15, 0.2) is 5.43 Å². The Kier molecular flexibility index (Phi) is 2.83. The molecule has 0 saturated carbocycles. The van der Waals surface area contributed by atoms with Crippen LogP contribution in [0, 0.1) is 0 Å². The molecule has 0 amide bonds. The van der Waals surface area contributed by atoms with Crippen molar-refractivity contribution < 1.29 is 4.84 Å². The highest BCUT2D eigenvalue weighted by Gasteiger charge is 1.87. The average Bonchev–Trinajstić information content (AvgIpc) is 2.04. The quantitative estimate of drug-likeness (QED) is 0.610. The van der Waals surface area contributed by atoms with E-state index in [1.807, 2.05) is 4.57 Å². The normalized spacial score (nSPS) is 9.91. The molecule has 0 unspecified atom stereocenters. The molecule has 1 heterocycles. The van der Waals surface area contributed by atoms with Crippen LogP contribution in [0.5, 0.6) is 0 Å². The smallest absolute Gasteiger partial charge is 0.181 e. The molecule has 11 heavy (non-hydrogen) atoms. The van der Waals surface area contributed by atoms with Gasteiger partial charge >= 0.3 is 0 Å². The van der Waals surface area contributed by atoms with E-state index < -0.39 is 0 Å². The number of nitrogens with zero attached hydrogens (tertiary/aromatic N) is 1. The summed E-state index contributed by atoms with van der Waals surface area (Å²) in [5, 5.41) is 0. The van der Waals surface area contributed by atoms with Crippen molar-refractivity contribution in [1.82, 2.24) is 4.57 Å². The summed E-state index contributed by atoms with van der Waals surface area (Å²) in [5.41, 5.74) is 0.00918. The number of rotatable bonds is 3. The van der Waals surface area contributed by atoms with Crippen LogP contribution in [0.25, 0.3) is 0 Å². The molecule has 2 N–H and O–H groups in total. The van der Waals surface area contributed by atoms with Gasteiger partial charge in [0.1, 0.15) is 0 Å². The van der Waals surface area contributed by atoms with E-state index >= 15 is 0 Å². The molecule has 0 radical (unpaired) electrons. The van der Waals surface area contributed by atoms with Crippen molar-refractivity contribution in [3.8, 4) is 0 Å². The van der Waals surface area contributed by atoms with Gasteiger partial charge in [-0.1, -0.05) is 0 Å². The molecule has 0 bridgehead atoms. The number of hydrogen-bond acceptors (Lipinski definition) is 3. The highest BCUT2D eigenvalue weighted by Crippen LogP contribution is 1.83. The summed E-state index contributed by atoms with van der Waals surface area (Å²) in [7, 11) is 0. The van der Waals surface area contributed by atoms with Gasteiger partial charge in [0, 0.05) is 31.1 Å². The molecule has 0 aromatic carbocycles. The lowest BCUT2D eigenvalue weighted by molar-refractivity contribution is 0.129. The SMILES string of the molecule is NOCCn1ccc(=O)cc1. The van der Waals surface area contributed by atoms with Crippen LogP contribution in [0.3, 0.4) is 0 Å². The van der Waals surface area contributed by atoms with Gasteiger partial charge in [0.2, 0.25) is 0 Å². The van der Waals surface area contributed by atoms with E-state index in [1.54, 1.807) is 12.4 Å². The highest BCUT2D eigenvalue weighted by atomic mass is 16.6. The lowest BCUT2D eigenvalue weighted by Crippen LogP contribution is -2.10. The van der Waals surface area contributed by atoms with Crippen LogP contribution in [0.4, 0.5) is 0 Å². The first-order valence-corrected chi connectivity index (χ1v) is 3.31. The minimum absolute atomic E-state index is 0.00918. The minimum Gasteiger partial charge on any atom is -0.352 e. The molecule has 0 saturated heterocycles. The van der Waals surface area contributed by atoms with Gasteiger partial charge < -0.3 is 9.40 Å². The van der Waals surface area contributed by atoms with Crippen LogP contribution < -0.4 is 11.3 Å². The molecule has 60 valence electrons. The van der Waals surface area contributed by atoms with Gasteiger partial charge in [0.05, 0.1) is 6.61 Å². The molecule has 0 fully saturated rings. The molecule has 0 aliphatic carbocycles. The van der Waals surface area contributed by atoms with E-state index in [-0.39, 0.29) is 5.43 Å². The molecule has 1 aromatic heterocycles. The van der Waals surface area contributed by atoms with Crippen molar-refractivity contribution in [2.75, 3.05) is 6.61 Å². The Balaban J connectivity index is 2.59. The molecule has 0 aliphatic heterocycles. The van der Waals surface area contributed by atoms with Crippen molar-refractivity contribution in [2.24, 2.45) is 5.90 Å². The van der Waals surface area contributed by atoms with Crippen molar-refractivity contribution in [3.63, 3.8) is 0 Å². The fourth-order valence-corrected chi connectivity index (χ4v) is 0.751. The maximum absolute atomic E-state index is 10.6. The lowest BCUT2D eigenvalue weighted by atomic mass is 10.4. The zero-order chi connectivity index (χ0) is 8.10. The van der Waals surface area contributed by atoms with E-state index in [1.165, 1.54) is 12.1 Å². The van der Waals surface area contributed by atoms with Crippen LogP contribution in [0.2, 0.25) is 0 Å². The first-order chi connectivity index (χ1) is 5.33. The molecule has 1 rings (SSSR count). The fraction of sp³-hybridized carbons (Fsp3) is 0.286. The molecule has 0 aliphatic rings. The van der Waals surface area contributed by atoms with Gasteiger partial charge in [0.25, 0.3) is 0 Å². The number of pyridine rings is 1. The van der Waals surface area contributed by atoms with Crippen LogP contribution >= 0.6 is 0 Å². The van der Waals surface area contributed by atoms with Crippen molar-refractivity contribution in [1.29, 1.82) is 0 Å². The van der Waals surface area contributed by atoms with Crippen LogP contribution in [-0.2, 0) is 11.4 Å². The predicted octanol–water partition coefficient (Wildman–Crippen LogP) is -0.261. The summed E-state index contributed by atoms with van der Waals surface area (Å²) in [6, 6.07) is 2.99. The molecular formula is C7H10N2O2. The largest absolute Gasteiger partial charge is 0.352 e. The summed E-state index contributed by atoms with van der Waals surface area (Å²) in [6.07, 6.45) is 3.39. The Hall–Kier alpha value is -1.13. The predicted molar refractivity (Wildman–Crippen MR) is 40.8 cm³/mol. The third-order valence-corrected chi connectivity index (χ3v) is 1.33. The van der Waals surface area contributed by atoms with Gasteiger partial charge in [-0.05, 0) is 0 Å². The molecule has 4 nitrogen and oxygen atoms in total. The van der Waals surface area contributed by atoms with Crippen molar-refractivity contribution in [2.45, 2.75) is 6.54 Å². The minimum atomic E-state index is 0.00918.